The number of pyridine rings is 1. The third kappa shape index (κ3) is 5.13. The minimum atomic E-state index is -0.784. The van der Waals surface area contributed by atoms with E-state index in [1.165, 1.54) is 30.6 Å². The molecule has 1 amide bonds. The molecule has 2 aromatic carbocycles. The van der Waals surface area contributed by atoms with Gasteiger partial charge in [0.25, 0.3) is 0 Å². The van der Waals surface area contributed by atoms with Crippen molar-refractivity contribution in [2.24, 2.45) is 7.05 Å². The van der Waals surface area contributed by atoms with Gasteiger partial charge >= 0.3 is 0 Å². The Kier molecular flexibility index (Phi) is 7.61. The average molecular weight is 641 g/mol. The first-order valence-corrected chi connectivity index (χ1v) is 15.6. The van der Waals surface area contributed by atoms with Crippen molar-refractivity contribution in [3.63, 3.8) is 0 Å². The van der Waals surface area contributed by atoms with Gasteiger partial charge < -0.3 is 14.4 Å². The highest BCUT2D eigenvalue weighted by atomic mass is 32.1. The number of benzene rings is 2. The second kappa shape index (κ2) is 11.8. The van der Waals surface area contributed by atoms with Gasteiger partial charge in [-0.2, -0.15) is 10.2 Å². The Morgan fingerprint density at radius 1 is 1.11 bits per heavy atom. The summed E-state index contributed by atoms with van der Waals surface area (Å²) in [6.45, 7) is 6.74. The highest BCUT2D eigenvalue weighted by molar-refractivity contribution is 7.18. The molecule has 0 bridgehead atoms. The molecule has 9 nitrogen and oxygen atoms in total. The standard InChI is InChI=1S/C34H30F2N6O3S/c1-5-29(43)41-16-19(2)42-23(18-41)15-27(39-42)33-31(30-25(36)13-22(35)14-28(30)45-10-9-44-4)34-24(8-11-46-34)32(37-33)20-6-7-21-17-40(3)38-26(21)12-20/h5-8,11-15,17,19H,1,9-10,16,18H2,2-4H3. The molecule has 4 aromatic heterocycles. The number of carbonyl (C=O) groups excluding carboxylic acids is 1. The minimum absolute atomic E-state index is 0.0371. The number of aryl methyl sites for hydroxylation is 1. The van der Waals surface area contributed by atoms with Gasteiger partial charge in [-0.25, -0.2) is 13.8 Å². The summed E-state index contributed by atoms with van der Waals surface area (Å²) in [5.74, 6) is -1.68. The fourth-order valence-corrected chi connectivity index (χ4v) is 7.04. The van der Waals surface area contributed by atoms with Gasteiger partial charge in [0.15, 0.2) is 0 Å². The smallest absolute Gasteiger partial charge is 0.246 e. The summed E-state index contributed by atoms with van der Waals surface area (Å²) in [7, 11) is 3.40. The van der Waals surface area contributed by atoms with Gasteiger partial charge in [0.05, 0.1) is 41.7 Å². The van der Waals surface area contributed by atoms with Crippen molar-refractivity contribution in [2.75, 3.05) is 26.9 Å². The number of nitrogens with zero attached hydrogens (tertiary/aromatic N) is 6. The number of rotatable bonds is 8. The third-order valence-corrected chi connectivity index (χ3v) is 9.05. The number of halogens is 2. The maximum absolute atomic E-state index is 16.0. The van der Waals surface area contributed by atoms with Crippen LogP contribution in [0.2, 0.25) is 0 Å². The summed E-state index contributed by atoms with van der Waals surface area (Å²) >= 11 is 1.43. The second-order valence-corrected chi connectivity index (χ2v) is 12.2. The molecule has 1 unspecified atom stereocenters. The molecule has 0 spiro atoms. The largest absolute Gasteiger partial charge is 0.490 e. The molecule has 1 aliphatic rings. The zero-order valence-electron chi connectivity index (χ0n) is 25.5. The Morgan fingerprint density at radius 2 is 1.96 bits per heavy atom. The number of ether oxygens (including phenoxy) is 2. The fourth-order valence-electron chi connectivity index (χ4n) is 6.09. The van der Waals surface area contributed by atoms with E-state index in [1.54, 1.807) is 9.58 Å². The summed E-state index contributed by atoms with van der Waals surface area (Å²) in [5.41, 5.74) is 4.55. The maximum atomic E-state index is 16.0. The molecule has 1 atom stereocenters. The monoisotopic (exact) mass is 640 g/mol. The number of hydrogen-bond donors (Lipinski definition) is 0. The number of carbonyl (C=O) groups is 1. The van der Waals surface area contributed by atoms with E-state index in [9.17, 15) is 9.18 Å². The highest BCUT2D eigenvalue weighted by Gasteiger charge is 2.30. The number of hydrogen-bond acceptors (Lipinski definition) is 7. The number of thiophene rings is 1. The van der Waals surface area contributed by atoms with E-state index in [2.05, 4.69) is 11.7 Å². The fraction of sp³-hybridized carbons (Fsp3) is 0.235. The van der Waals surface area contributed by atoms with Gasteiger partial charge in [0, 0.05) is 65.6 Å². The maximum Gasteiger partial charge on any atom is 0.246 e. The molecule has 234 valence electrons. The third-order valence-electron chi connectivity index (χ3n) is 8.11. The van der Waals surface area contributed by atoms with Crippen LogP contribution < -0.4 is 4.74 Å². The summed E-state index contributed by atoms with van der Waals surface area (Å²) in [6.07, 6.45) is 3.25. The van der Waals surface area contributed by atoms with Crippen molar-refractivity contribution in [2.45, 2.75) is 19.5 Å². The molecular formula is C34H30F2N6O3S. The predicted octanol–water partition coefficient (Wildman–Crippen LogP) is 6.77. The van der Waals surface area contributed by atoms with E-state index in [1.807, 2.05) is 60.6 Å². The number of aromatic nitrogens is 5. The SMILES string of the molecule is C=CC(=O)N1Cc2cc(-c3nc(-c4ccc5cn(C)nc5c4)c4ccsc4c3-c3c(F)cc(F)cc3OCCOC)nn2C(C)C1. The lowest BCUT2D eigenvalue weighted by molar-refractivity contribution is -0.127. The van der Waals surface area contributed by atoms with Crippen LogP contribution in [0.25, 0.3) is 54.8 Å². The lowest BCUT2D eigenvalue weighted by Crippen LogP contribution is -2.39. The van der Waals surface area contributed by atoms with Crippen molar-refractivity contribution < 1.29 is 23.0 Å². The van der Waals surface area contributed by atoms with Crippen molar-refractivity contribution in [3.8, 4) is 39.5 Å². The summed E-state index contributed by atoms with van der Waals surface area (Å²) < 4.78 is 46.1. The molecule has 7 rings (SSSR count). The zero-order chi connectivity index (χ0) is 32.1. The van der Waals surface area contributed by atoms with Gasteiger partial charge in [-0.05, 0) is 36.6 Å². The van der Waals surface area contributed by atoms with E-state index in [4.69, 9.17) is 19.6 Å². The molecule has 1 aliphatic heterocycles. The lowest BCUT2D eigenvalue weighted by Gasteiger charge is -2.31. The van der Waals surface area contributed by atoms with E-state index in [-0.39, 0.29) is 36.5 Å². The molecule has 0 saturated carbocycles. The molecule has 12 heteroatoms. The van der Waals surface area contributed by atoms with Crippen molar-refractivity contribution in [1.82, 2.24) is 29.4 Å². The predicted molar refractivity (Wildman–Crippen MR) is 174 cm³/mol. The molecule has 46 heavy (non-hydrogen) atoms. The van der Waals surface area contributed by atoms with Crippen LogP contribution in [0, 0.1) is 11.6 Å². The molecular weight excluding hydrogens is 610 g/mol. The first kappa shape index (κ1) is 29.8. The molecule has 0 fully saturated rings. The topological polar surface area (TPSA) is 87.3 Å². The molecule has 5 heterocycles. The molecule has 0 radical (unpaired) electrons. The molecule has 0 saturated heterocycles. The first-order valence-electron chi connectivity index (χ1n) is 14.7. The van der Waals surface area contributed by atoms with Crippen LogP contribution >= 0.6 is 11.3 Å². The van der Waals surface area contributed by atoms with Crippen LogP contribution in [-0.4, -0.2) is 62.2 Å². The summed E-state index contributed by atoms with van der Waals surface area (Å²) in [5, 5.41) is 13.3. The zero-order valence-corrected chi connectivity index (χ0v) is 26.3. The van der Waals surface area contributed by atoms with Crippen LogP contribution in [0.15, 0.2) is 66.7 Å². The van der Waals surface area contributed by atoms with E-state index in [0.29, 0.717) is 35.7 Å². The van der Waals surface area contributed by atoms with E-state index in [0.717, 1.165) is 38.3 Å². The second-order valence-electron chi connectivity index (χ2n) is 11.3. The van der Waals surface area contributed by atoms with Crippen molar-refractivity contribution in [1.29, 1.82) is 0 Å². The molecule has 0 aliphatic carbocycles. The molecule has 6 aromatic rings. The van der Waals surface area contributed by atoms with Gasteiger partial charge in [-0.15, -0.1) is 11.3 Å². The quantitative estimate of drug-likeness (QED) is 0.135. The summed E-state index contributed by atoms with van der Waals surface area (Å²) in [4.78, 5) is 19.4. The van der Waals surface area contributed by atoms with Gasteiger partial charge in [-0.1, -0.05) is 18.7 Å². The molecule has 0 N–H and O–H groups in total. The van der Waals surface area contributed by atoms with E-state index < -0.39 is 11.6 Å². The van der Waals surface area contributed by atoms with Crippen LogP contribution in [0.4, 0.5) is 8.78 Å². The van der Waals surface area contributed by atoms with Crippen molar-refractivity contribution >= 4 is 38.2 Å². The van der Waals surface area contributed by atoms with Crippen LogP contribution in [0.5, 0.6) is 5.75 Å². The summed E-state index contributed by atoms with van der Waals surface area (Å²) in [6, 6.07) is 11.7. The Labute approximate surface area is 267 Å². The lowest BCUT2D eigenvalue weighted by atomic mass is 9.96. The van der Waals surface area contributed by atoms with E-state index >= 15 is 4.39 Å². The van der Waals surface area contributed by atoms with Crippen LogP contribution in [0.1, 0.15) is 18.7 Å². The van der Waals surface area contributed by atoms with Crippen LogP contribution in [-0.2, 0) is 23.1 Å². The van der Waals surface area contributed by atoms with Gasteiger partial charge in [0.2, 0.25) is 5.91 Å². The normalized spacial score (nSPS) is 14.6. The van der Waals surface area contributed by atoms with Crippen LogP contribution in [0.3, 0.4) is 0 Å². The van der Waals surface area contributed by atoms with Gasteiger partial charge in [0.1, 0.15) is 35.4 Å². The number of methoxy groups -OCH3 is 1. The minimum Gasteiger partial charge on any atom is -0.490 e. The first-order chi connectivity index (χ1) is 22.2. The average Bonchev–Trinajstić information content (AvgIpc) is 3.78. The Balaban J connectivity index is 1.50. The number of fused-ring (bicyclic) bond motifs is 3. The Morgan fingerprint density at radius 3 is 2.76 bits per heavy atom. The van der Waals surface area contributed by atoms with Gasteiger partial charge in [-0.3, -0.25) is 14.2 Å². The highest BCUT2D eigenvalue weighted by Crippen LogP contribution is 2.47. The number of amides is 1. The Bertz CT molecular complexity index is 2150. The Hall–Kier alpha value is -4.94. The van der Waals surface area contributed by atoms with Crippen molar-refractivity contribution in [3.05, 3.63) is 84.0 Å².